The molecule has 2 heteroatoms. The molecule has 0 saturated heterocycles. The quantitative estimate of drug-likeness (QED) is 0.753. The molecule has 0 radical (unpaired) electrons. The van der Waals surface area contributed by atoms with Crippen LogP contribution < -0.4 is 0 Å². The fourth-order valence-corrected chi connectivity index (χ4v) is 1.84. The van der Waals surface area contributed by atoms with Crippen LogP contribution in [0, 0.1) is 0 Å². The van der Waals surface area contributed by atoms with Gasteiger partial charge in [-0.1, -0.05) is 43.7 Å². The highest BCUT2D eigenvalue weighted by Crippen LogP contribution is 2.15. The molecular weight excluding hydrogens is 210 g/mol. The Morgan fingerprint density at radius 3 is 2.82 bits per heavy atom. The molecule has 1 aliphatic heterocycles. The molecule has 0 amide bonds. The first-order valence-electron chi connectivity index (χ1n) is 6.32. The van der Waals surface area contributed by atoms with Crippen LogP contribution in [-0.4, -0.2) is 12.4 Å². The number of rotatable bonds is 5. The topological polar surface area (TPSA) is 21.6 Å². The van der Waals surface area contributed by atoms with Crippen LogP contribution in [0.5, 0.6) is 0 Å². The molecule has 0 unspecified atom stereocenters. The van der Waals surface area contributed by atoms with Gasteiger partial charge >= 0.3 is 0 Å². The van der Waals surface area contributed by atoms with Gasteiger partial charge in [-0.25, -0.2) is 0 Å². The van der Waals surface area contributed by atoms with Crippen molar-refractivity contribution in [3.8, 4) is 0 Å². The molecule has 0 atom stereocenters. The molecule has 1 aromatic carbocycles. The van der Waals surface area contributed by atoms with Crippen molar-refractivity contribution in [3.63, 3.8) is 0 Å². The van der Waals surface area contributed by atoms with Crippen molar-refractivity contribution < 1.29 is 4.74 Å². The highest BCUT2D eigenvalue weighted by Gasteiger charge is 2.10. The number of unbranched alkanes of at least 4 members (excludes halogenated alkanes) is 1. The summed E-state index contributed by atoms with van der Waals surface area (Å²) in [5.74, 6) is 1.94. The van der Waals surface area contributed by atoms with E-state index in [0.29, 0.717) is 0 Å². The van der Waals surface area contributed by atoms with Crippen molar-refractivity contribution in [1.29, 1.82) is 0 Å². The Hall–Kier alpha value is -1.57. The molecule has 1 aromatic rings. The van der Waals surface area contributed by atoms with Crippen LogP contribution in [0.4, 0.5) is 0 Å². The maximum Gasteiger partial charge on any atom is 0.194 e. The van der Waals surface area contributed by atoms with Crippen LogP contribution in [0.2, 0.25) is 0 Å². The fourth-order valence-electron chi connectivity index (χ4n) is 1.84. The maximum absolute atomic E-state index is 5.80. The van der Waals surface area contributed by atoms with Gasteiger partial charge in [-0.2, -0.15) is 0 Å². The van der Waals surface area contributed by atoms with Gasteiger partial charge in [0.2, 0.25) is 0 Å². The SMILES string of the molecule is CCCCC1=CCN=C(Cc2ccccc2)O1. The summed E-state index contributed by atoms with van der Waals surface area (Å²) in [5, 5.41) is 0. The number of benzene rings is 1. The van der Waals surface area contributed by atoms with Gasteiger partial charge in [-0.3, -0.25) is 4.99 Å². The third-order valence-corrected chi connectivity index (χ3v) is 2.81. The molecule has 0 saturated carbocycles. The van der Waals surface area contributed by atoms with Gasteiger partial charge in [-0.05, 0) is 18.1 Å². The number of hydrogen-bond donors (Lipinski definition) is 0. The summed E-state index contributed by atoms with van der Waals surface area (Å²) in [4.78, 5) is 4.40. The molecule has 0 N–H and O–H groups in total. The van der Waals surface area contributed by atoms with E-state index < -0.39 is 0 Å². The van der Waals surface area contributed by atoms with Crippen molar-refractivity contribution in [2.75, 3.05) is 6.54 Å². The summed E-state index contributed by atoms with van der Waals surface area (Å²) in [6.07, 6.45) is 6.30. The van der Waals surface area contributed by atoms with E-state index in [1.807, 2.05) is 18.2 Å². The highest BCUT2D eigenvalue weighted by atomic mass is 16.5. The van der Waals surface area contributed by atoms with Gasteiger partial charge in [0.05, 0.1) is 6.54 Å². The molecule has 2 rings (SSSR count). The molecule has 0 aromatic heterocycles. The average molecular weight is 229 g/mol. The first kappa shape index (κ1) is 11.9. The van der Waals surface area contributed by atoms with E-state index in [1.165, 1.54) is 18.4 Å². The molecule has 0 bridgehead atoms. The average Bonchev–Trinajstić information content (AvgIpc) is 2.38. The highest BCUT2D eigenvalue weighted by molar-refractivity contribution is 5.80. The second-order valence-electron chi connectivity index (χ2n) is 4.27. The van der Waals surface area contributed by atoms with E-state index >= 15 is 0 Å². The number of allylic oxidation sites excluding steroid dienone is 1. The second-order valence-corrected chi connectivity index (χ2v) is 4.27. The lowest BCUT2D eigenvalue weighted by molar-refractivity contribution is 0.369. The molecule has 0 aliphatic carbocycles. The van der Waals surface area contributed by atoms with Crippen molar-refractivity contribution >= 4 is 5.90 Å². The summed E-state index contributed by atoms with van der Waals surface area (Å²) in [5.41, 5.74) is 1.25. The van der Waals surface area contributed by atoms with E-state index in [-0.39, 0.29) is 0 Å². The van der Waals surface area contributed by atoms with Crippen LogP contribution in [0.25, 0.3) is 0 Å². The normalized spacial score (nSPS) is 14.9. The largest absolute Gasteiger partial charge is 0.448 e. The van der Waals surface area contributed by atoms with Crippen LogP contribution >= 0.6 is 0 Å². The van der Waals surface area contributed by atoms with E-state index in [1.54, 1.807) is 0 Å². The zero-order valence-electron chi connectivity index (χ0n) is 10.4. The molecule has 2 nitrogen and oxygen atoms in total. The van der Waals surface area contributed by atoms with Gasteiger partial charge in [0, 0.05) is 12.8 Å². The van der Waals surface area contributed by atoms with Gasteiger partial charge in [0.25, 0.3) is 0 Å². The van der Waals surface area contributed by atoms with Gasteiger partial charge in [0.15, 0.2) is 5.90 Å². The monoisotopic (exact) mass is 229 g/mol. The van der Waals surface area contributed by atoms with Crippen LogP contribution in [-0.2, 0) is 11.2 Å². The van der Waals surface area contributed by atoms with E-state index in [2.05, 4.69) is 30.1 Å². The lowest BCUT2D eigenvalue weighted by Crippen LogP contribution is -2.13. The minimum atomic E-state index is 0.765. The minimum absolute atomic E-state index is 0.765. The first-order valence-corrected chi connectivity index (χ1v) is 6.32. The maximum atomic E-state index is 5.80. The molecule has 0 fully saturated rings. The Morgan fingerprint density at radius 2 is 2.06 bits per heavy atom. The van der Waals surface area contributed by atoms with Crippen LogP contribution in [0.1, 0.15) is 31.7 Å². The lowest BCUT2D eigenvalue weighted by Gasteiger charge is -2.15. The van der Waals surface area contributed by atoms with E-state index in [0.717, 1.165) is 31.0 Å². The summed E-state index contributed by atoms with van der Waals surface area (Å²) in [6.45, 7) is 2.96. The van der Waals surface area contributed by atoms with Crippen molar-refractivity contribution in [2.45, 2.75) is 32.6 Å². The summed E-state index contributed by atoms with van der Waals surface area (Å²) < 4.78 is 5.80. The Kier molecular flexibility index (Phi) is 4.37. The molecule has 90 valence electrons. The van der Waals surface area contributed by atoms with Crippen molar-refractivity contribution in [1.82, 2.24) is 0 Å². The predicted octanol–water partition coefficient (Wildman–Crippen LogP) is 3.73. The van der Waals surface area contributed by atoms with Crippen molar-refractivity contribution in [2.24, 2.45) is 4.99 Å². The van der Waals surface area contributed by atoms with Gasteiger partial charge in [0.1, 0.15) is 5.76 Å². The summed E-state index contributed by atoms with van der Waals surface area (Å²) in [7, 11) is 0. The van der Waals surface area contributed by atoms with Crippen LogP contribution in [0.3, 0.4) is 0 Å². The second kappa shape index (κ2) is 6.24. The van der Waals surface area contributed by atoms with Crippen LogP contribution in [0.15, 0.2) is 47.2 Å². The molecule has 1 heterocycles. The molecule has 17 heavy (non-hydrogen) atoms. The third kappa shape index (κ3) is 3.74. The number of hydrogen-bond acceptors (Lipinski definition) is 2. The smallest absolute Gasteiger partial charge is 0.194 e. The van der Waals surface area contributed by atoms with E-state index in [4.69, 9.17) is 4.74 Å². The minimum Gasteiger partial charge on any atom is -0.448 e. The van der Waals surface area contributed by atoms with Gasteiger partial charge < -0.3 is 4.74 Å². The molecule has 1 aliphatic rings. The zero-order valence-corrected chi connectivity index (χ0v) is 10.4. The van der Waals surface area contributed by atoms with Crippen molar-refractivity contribution in [3.05, 3.63) is 47.7 Å². The summed E-state index contributed by atoms with van der Waals surface area (Å²) >= 11 is 0. The number of nitrogens with zero attached hydrogens (tertiary/aromatic N) is 1. The van der Waals surface area contributed by atoms with E-state index in [9.17, 15) is 0 Å². The molecule has 0 spiro atoms. The Morgan fingerprint density at radius 1 is 1.24 bits per heavy atom. The standard InChI is InChI=1S/C15H19NO/c1-2-3-9-14-10-11-16-15(17-14)12-13-7-5-4-6-8-13/h4-8,10H,2-3,9,11-12H2,1H3. The zero-order chi connectivity index (χ0) is 11.9. The Balaban J connectivity index is 1.89. The summed E-state index contributed by atoms with van der Waals surface area (Å²) in [6, 6.07) is 10.3. The Bertz CT molecular complexity index is 406. The van der Waals surface area contributed by atoms with Gasteiger partial charge in [-0.15, -0.1) is 0 Å². The first-order chi connectivity index (χ1) is 8.38. The lowest BCUT2D eigenvalue weighted by atomic mass is 10.1. The fraction of sp³-hybridized carbons (Fsp3) is 0.400. The number of aliphatic imine (C=N–C) groups is 1. The Labute approximate surface area is 103 Å². The molecular formula is C15H19NO. The predicted molar refractivity (Wildman–Crippen MR) is 71.1 cm³/mol. The third-order valence-electron chi connectivity index (χ3n) is 2.81. The number of ether oxygens (including phenoxy) is 1.